The number of rotatable bonds is 2. The van der Waals surface area contributed by atoms with E-state index >= 15 is 0 Å². The highest BCUT2D eigenvalue weighted by molar-refractivity contribution is 6.30. The van der Waals surface area contributed by atoms with Gasteiger partial charge in [-0.25, -0.2) is 4.98 Å². The summed E-state index contributed by atoms with van der Waals surface area (Å²) in [5, 5.41) is 0.639. The Morgan fingerprint density at radius 3 is 3.00 bits per heavy atom. The standard InChI is InChI=1S/C16H20ClN3O/c1-3-13-15(16(21)19-8-5-4-6-11(19)2)20-9-7-12(17)10-14(20)18-13/h7,9-11H,3-6,8H2,1-2H3. The van der Waals surface area contributed by atoms with Crippen LogP contribution in [0, 0.1) is 0 Å². The largest absolute Gasteiger partial charge is 0.335 e. The lowest BCUT2D eigenvalue weighted by Crippen LogP contribution is -2.42. The summed E-state index contributed by atoms with van der Waals surface area (Å²) < 4.78 is 1.87. The number of hydrogen-bond acceptors (Lipinski definition) is 2. The summed E-state index contributed by atoms with van der Waals surface area (Å²) in [6, 6.07) is 3.90. The molecule has 1 aliphatic heterocycles. The number of aromatic nitrogens is 2. The molecule has 0 saturated carbocycles. The van der Waals surface area contributed by atoms with E-state index in [0.717, 1.165) is 37.1 Å². The number of nitrogens with zero attached hydrogens (tertiary/aromatic N) is 3. The van der Waals surface area contributed by atoms with Gasteiger partial charge >= 0.3 is 0 Å². The summed E-state index contributed by atoms with van der Waals surface area (Å²) >= 11 is 6.03. The van der Waals surface area contributed by atoms with E-state index < -0.39 is 0 Å². The summed E-state index contributed by atoms with van der Waals surface area (Å²) in [6.45, 7) is 4.99. The lowest BCUT2D eigenvalue weighted by atomic mass is 10.0. The Hall–Kier alpha value is -1.55. The fourth-order valence-electron chi connectivity index (χ4n) is 3.08. The molecule has 1 aliphatic rings. The molecule has 2 aromatic rings. The van der Waals surface area contributed by atoms with Crippen molar-refractivity contribution in [2.24, 2.45) is 0 Å². The van der Waals surface area contributed by atoms with Gasteiger partial charge in [-0.2, -0.15) is 0 Å². The summed E-state index contributed by atoms with van der Waals surface area (Å²) in [7, 11) is 0. The zero-order valence-corrected chi connectivity index (χ0v) is 13.2. The summed E-state index contributed by atoms with van der Waals surface area (Å²) in [5.74, 6) is 0.0915. The lowest BCUT2D eigenvalue weighted by molar-refractivity contribution is 0.0627. The van der Waals surface area contributed by atoms with Crippen LogP contribution in [0.4, 0.5) is 0 Å². The van der Waals surface area contributed by atoms with Gasteiger partial charge in [0.15, 0.2) is 0 Å². The van der Waals surface area contributed by atoms with Crippen LogP contribution in [-0.2, 0) is 6.42 Å². The van der Waals surface area contributed by atoms with Gasteiger partial charge in [-0.3, -0.25) is 9.20 Å². The Bertz CT molecular complexity index is 679. The zero-order chi connectivity index (χ0) is 15.0. The maximum Gasteiger partial charge on any atom is 0.273 e. The minimum Gasteiger partial charge on any atom is -0.335 e. The maximum atomic E-state index is 13.0. The molecule has 1 unspecified atom stereocenters. The molecule has 3 rings (SSSR count). The second-order valence-corrected chi connectivity index (χ2v) is 6.11. The van der Waals surface area contributed by atoms with E-state index in [-0.39, 0.29) is 5.91 Å². The SMILES string of the molecule is CCc1nc2cc(Cl)ccn2c1C(=O)N1CCCCC1C. The topological polar surface area (TPSA) is 37.6 Å². The zero-order valence-electron chi connectivity index (χ0n) is 12.5. The molecule has 0 aliphatic carbocycles. The Kier molecular flexibility index (Phi) is 3.89. The number of halogens is 1. The number of piperidine rings is 1. The summed E-state index contributed by atoms with van der Waals surface area (Å²) in [6.07, 6.45) is 5.94. The number of likely N-dealkylation sites (tertiary alicyclic amines) is 1. The first-order valence-electron chi connectivity index (χ1n) is 7.59. The van der Waals surface area contributed by atoms with Crippen molar-refractivity contribution in [3.8, 4) is 0 Å². The van der Waals surface area contributed by atoms with Gasteiger partial charge in [0, 0.05) is 29.9 Å². The van der Waals surface area contributed by atoms with Gasteiger partial charge in [-0.05, 0) is 38.7 Å². The Labute approximate surface area is 129 Å². The van der Waals surface area contributed by atoms with E-state index in [1.54, 1.807) is 12.1 Å². The van der Waals surface area contributed by atoms with Gasteiger partial charge < -0.3 is 4.90 Å². The first kappa shape index (κ1) is 14.4. The van der Waals surface area contributed by atoms with Crippen molar-refractivity contribution in [3.63, 3.8) is 0 Å². The number of aryl methyl sites for hydroxylation is 1. The highest BCUT2D eigenvalue weighted by atomic mass is 35.5. The molecular formula is C16H20ClN3O. The minimum absolute atomic E-state index is 0.0915. The number of carbonyl (C=O) groups is 1. The Morgan fingerprint density at radius 2 is 2.29 bits per heavy atom. The normalized spacial score (nSPS) is 19.2. The van der Waals surface area contributed by atoms with Crippen LogP contribution in [0.1, 0.15) is 49.3 Å². The molecule has 0 aromatic carbocycles. The third kappa shape index (κ3) is 2.53. The van der Waals surface area contributed by atoms with Crippen molar-refractivity contribution in [2.45, 2.75) is 45.6 Å². The lowest BCUT2D eigenvalue weighted by Gasteiger charge is -2.33. The third-order valence-corrected chi connectivity index (χ3v) is 4.50. The van der Waals surface area contributed by atoms with E-state index in [1.807, 2.05) is 22.4 Å². The molecule has 4 nitrogen and oxygen atoms in total. The number of amides is 1. The molecule has 2 aromatic heterocycles. The summed E-state index contributed by atoms with van der Waals surface area (Å²) in [4.78, 5) is 19.5. The molecule has 0 spiro atoms. The van der Waals surface area contributed by atoms with Crippen molar-refractivity contribution < 1.29 is 4.79 Å². The molecule has 21 heavy (non-hydrogen) atoms. The predicted octanol–water partition coefficient (Wildman–Crippen LogP) is 3.56. The highest BCUT2D eigenvalue weighted by Crippen LogP contribution is 2.23. The van der Waals surface area contributed by atoms with Crippen molar-refractivity contribution in [1.82, 2.24) is 14.3 Å². The van der Waals surface area contributed by atoms with Gasteiger partial charge in [0.25, 0.3) is 5.91 Å². The molecule has 5 heteroatoms. The van der Waals surface area contributed by atoms with Gasteiger partial charge in [-0.15, -0.1) is 0 Å². The molecule has 1 fully saturated rings. The van der Waals surface area contributed by atoms with Crippen LogP contribution in [0.5, 0.6) is 0 Å². The highest BCUT2D eigenvalue weighted by Gasteiger charge is 2.28. The second kappa shape index (κ2) is 5.68. The van der Waals surface area contributed by atoms with Gasteiger partial charge in [0.1, 0.15) is 11.3 Å². The van der Waals surface area contributed by atoms with Crippen LogP contribution in [0.3, 0.4) is 0 Å². The first-order valence-corrected chi connectivity index (χ1v) is 7.97. The van der Waals surface area contributed by atoms with Gasteiger partial charge in [0.2, 0.25) is 0 Å². The monoisotopic (exact) mass is 305 g/mol. The van der Waals surface area contributed by atoms with E-state index in [0.29, 0.717) is 16.8 Å². The quantitative estimate of drug-likeness (QED) is 0.850. The van der Waals surface area contributed by atoms with Crippen molar-refractivity contribution in [1.29, 1.82) is 0 Å². The molecule has 112 valence electrons. The number of carbonyl (C=O) groups excluding carboxylic acids is 1. The number of fused-ring (bicyclic) bond motifs is 1. The number of pyridine rings is 1. The van der Waals surface area contributed by atoms with Crippen LogP contribution in [0.15, 0.2) is 18.3 Å². The van der Waals surface area contributed by atoms with Crippen LogP contribution in [0.25, 0.3) is 5.65 Å². The minimum atomic E-state index is 0.0915. The van der Waals surface area contributed by atoms with Gasteiger partial charge in [0.05, 0.1) is 5.69 Å². The third-order valence-electron chi connectivity index (χ3n) is 4.26. The average Bonchev–Trinajstić information content (AvgIpc) is 2.84. The smallest absolute Gasteiger partial charge is 0.273 e. The van der Waals surface area contributed by atoms with E-state index in [2.05, 4.69) is 11.9 Å². The van der Waals surface area contributed by atoms with Crippen LogP contribution in [-0.4, -0.2) is 32.8 Å². The first-order chi connectivity index (χ1) is 10.1. The molecule has 1 saturated heterocycles. The molecule has 0 radical (unpaired) electrons. The van der Waals surface area contributed by atoms with Crippen LogP contribution < -0.4 is 0 Å². The molecule has 0 bridgehead atoms. The fourth-order valence-corrected chi connectivity index (χ4v) is 3.23. The maximum absolute atomic E-state index is 13.0. The Morgan fingerprint density at radius 1 is 1.48 bits per heavy atom. The molecule has 3 heterocycles. The predicted molar refractivity (Wildman–Crippen MR) is 83.9 cm³/mol. The summed E-state index contributed by atoms with van der Waals surface area (Å²) in [5.41, 5.74) is 2.28. The molecule has 1 amide bonds. The fraction of sp³-hybridized carbons (Fsp3) is 0.500. The molecule has 1 atom stereocenters. The second-order valence-electron chi connectivity index (χ2n) is 5.68. The van der Waals surface area contributed by atoms with Crippen molar-refractivity contribution >= 4 is 23.2 Å². The Balaban J connectivity index is 2.07. The number of imidazole rings is 1. The average molecular weight is 306 g/mol. The van der Waals surface area contributed by atoms with E-state index in [4.69, 9.17) is 11.6 Å². The van der Waals surface area contributed by atoms with E-state index in [1.165, 1.54) is 6.42 Å². The van der Waals surface area contributed by atoms with Gasteiger partial charge in [-0.1, -0.05) is 18.5 Å². The number of hydrogen-bond donors (Lipinski definition) is 0. The molecule has 0 N–H and O–H groups in total. The van der Waals surface area contributed by atoms with Crippen molar-refractivity contribution in [3.05, 3.63) is 34.7 Å². The van der Waals surface area contributed by atoms with E-state index in [9.17, 15) is 4.79 Å². The van der Waals surface area contributed by atoms with Crippen molar-refractivity contribution in [2.75, 3.05) is 6.54 Å². The molecular weight excluding hydrogens is 286 g/mol. The van der Waals surface area contributed by atoms with Crippen LogP contribution in [0.2, 0.25) is 5.02 Å². The van der Waals surface area contributed by atoms with Crippen LogP contribution >= 0.6 is 11.6 Å².